The Kier molecular flexibility index (Phi) is 7.05. The Morgan fingerprint density at radius 2 is 1.44 bits per heavy atom. The van der Waals surface area contributed by atoms with Gasteiger partial charge >= 0.3 is 37.9 Å². The summed E-state index contributed by atoms with van der Waals surface area (Å²) in [5, 5.41) is 2.74. The average Bonchev–Trinajstić information content (AvgIpc) is 2.91. The SMILES string of the molecule is Cc1cc(C)cc(-c2c(C)ccc3[cH-]c(C(C)(C)C)cc23)c1.[Cl][Zr][Cl]. The number of hydrogen-bond donors (Lipinski definition) is 0. The molecule has 0 aromatic heterocycles. The van der Waals surface area contributed by atoms with Gasteiger partial charge in [0.25, 0.3) is 0 Å². The van der Waals surface area contributed by atoms with Gasteiger partial charge in [-0.15, -0.1) is 34.5 Å². The van der Waals surface area contributed by atoms with Crippen LogP contribution in [0.15, 0.2) is 42.5 Å². The van der Waals surface area contributed by atoms with E-state index in [1.807, 2.05) is 0 Å². The molecule has 0 atom stereocenters. The van der Waals surface area contributed by atoms with Crippen molar-refractivity contribution in [2.45, 2.75) is 47.0 Å². The van der Waals surface area contributed by atoms with E-state index in [4.69, 9.17) is 17.0 Å². The Morgan fingerprint density at radius 1 is 0.880 bits per heavy atom. The molecule has 0 spiro atoms. The summed E-state index contributed by atoms with van der Waals surface area (Å²) in [4.78, 5) is 0. The molecular formula is C22H25Cl2Zr-. The van der Waals surface area contributed by atoms with Crippen LogP contribution in [0.5, 0.6) is 0 Å². The van der Waals surface area contributed by atoms with Crippen LogP contribution >= 0.6 is 17.0 Å². The Bertz CT molecular complexity index is 849. The van der Waals surface area contributed by atoms with E-state index >= 15 is 0 Å². The molecule has 0 saturated heterocycles. The fourth-order valence-electron chi connectivity index (χ4n) is 3.33. The van der Waals surface area contributed by atoms with Crippen LogP contribution in [-0.2, 0) is 26.3 Å². The van der Waals surface area contributed by atoms with Crippen molar-refractivity contribution in [1.82, 2.24) is 0 Å². The zero-order chi connectivity index (χ0) is 18.8. The Hall–Kier alpha value is -0.487. The molecule has 0 N–H and O–H groups in total. The Morgan fingerprint density at radius 3 is 1.96 bits per heavy atom. The third kappa shape index (κ3) is 5.03. The molecule has 0 radical (unpaired) electrons. The standard InChI is InChI=1S/C22H25.2ClH.Zr/c1-14-9-15(2)11-18(10-14)21-16(3)7-8-17-12-19(13-20(17)21)22(4,5)6;;;/h7-13H,1-6H3;2*1H;/q-1;;;+2/p-2. The summed E-state index contributed by atoms with van der Waals surface area (Å²) >= 11 is -0.826. The van der Waals surface area contributed by atoms with Gasteiger partial charge in [-0.2, -0.15) is 6.07 Å². The van der Waals surface area contributed by atoms with Crippen molar-refractivity contribution < 1.29 is 20.8 Å². The van der Waals surface area contributed by atoms with Gasteiger partial charge in [-0.05, 0) is 31.7 Å². The molecule has 25 heavy (non-hydrogen) atoms. The van der Waals surface area contributed by atoms with Crippen LogP contribution in [0.25, 0.3) is 21.9 Å². The third-order valence-electron chi connectivity index (χ3n) is 4.47. The number of halogens is 2. The van der Waals surface area contributed by atoms with E-state index in [0.717, 1.165) is 0 Å². The summed E-state index contributed by atoms with van der Waals surface area (Å²) in [6.45, 7) is 13.4. The molecule has 3 heteroatoms. The molecule has 0 heterocycles. The van der Waals surface area contributed by atoms with Crippen molar-refractivity contribution in [2.24, 2.45) is 0 Å². The molecule has 0 unspecified atom stereocenters. The van der Waals surface area contributed by atoms with Crippen molar-refractivity contribution in [3.8, 4) is 11.1 Å². The predicted molar refractivity (Wildman–Crippen MR) is 110 cm³/mol. The third-order valence-corrected chi connectivity index (χ3v) is 4.47. The first-order valence-corrected chi connectivity index (χ1v) is 14.8. The van der Waals surface area contributed by atoms with E-state index in [-0.39, 0.29) is 5.41 Å². The molecule has 0 aliphatic heterocycles. The van der Waals surface area contributed by atoms with Gasteiger partial charge in [0.2, 0.25) is 0 Å². The molecule has 0 aliphatic carbocycles. The van der Waals surface area contributed by atoms with Gasteiger partial charge in [0.05, 0.1) is 0 Å². The molecule has 0 saturated carbocycles. The fraction of sp³-hybridized carbons (Fsp3) is 0.318. The number of aryl methyl sites for hydroxylation is 3. The van der Waals surface area contributed by atoms with E-state index in [1.165, 1.54) is 44.2 Å². The maximum atomic E-state index is 4.93. The van der Waals surface area contributed by atoms with Gasteiger partial charge in [-0.3, -0.25) is 0 Å². The van der Waals surface area contributed by atoms with Gasteiger partial charge in [0.1, 0.15) is 0 Å². The topological polar surface area (TPSA) is 0 Å². The number of rotatable bonds is 1. The van der Waals surface area contributed by atoms with Crippen molar-refractivity contribution in [3.63, 3.8) is 0 Å². The van der Waals surface area contributed by atoms with Crippen molar-refractivity contribution in [2.75, 3.05) is 0 Å². The summed E-state index contributed by atoms with van der Waals surface area (Å²) in [6.07, 6.45) is 0. The number of benzene rings is 2. The van der Waals surface area contributed by atoms with Crippen LogP contribution in [0.3, 0.4) is 0 Å². The van der Waals surface area contributed by atoms with Crippen LogP contribution < -0.4 is 0 Å². The van der Waals surface area contributed by atoms with Crippen LogP contribution in [0, 0.1) is 20.8 Å². The Labute approximate surface area is 170 Å². The van der Waals surface area contributed by atoms with Gasteiger partial charge in [0, 0.05) is 0 Å². The first-order chi connectivity index (χ1) is 11.7. The van der Waals surface area contributed by atoms with E-state index in [1.54, 1.807) is 0 Å². The molecule has 3 aromatic rings. The molecule has 0 bridgehead atoms. The molecule has 0 aliphatic rings. The number of hydrogen-bond acceptors (Lipinski definition) is 0. The minimum atomic E-state index is -0.826. The van der Waals surface area contributed by atoms with E-state index in [0.29, 0.717) is 0 Å². The number of fused-ring (bicyclic) bond motifs is 1. The maximum absolute atomic E-state index is 4.93. The fourth-order valence-corrected chi connectivity index (χ4v) is 3.33. The normalized spacial score (nSPS) is 11.2. The molecular weight excluding hydrogens is 426 g/mol. The predicted octanol–water partition coefficient (Wildman–Crippen LogP) is 7.82. The molecule has 132 valence electrons. The second-order valence-corrected chi connectivity index (χ2v) is 11.4. The van der Waals surface area contributed by atoms with Crippen molar-refractivity contribution >= 4 is 27.8 Å². The second-order valence-electron chi connectivity index (χ2n) is 7.70. The first-order valence-electron chi connectivity index (χ1n) is 8.43. The summed E-state index contributed by atoms with van der Waals surface area (Å²) in [5.41, 5.74) is 8.34. The van der Waals surface area contributed by atoms with Crippen LogP contribution in [-0.4, -0.2) is 0 Å². The molecule has 0 amide bonds. The van der Waals surface area contributed by atoms with Crippen LogP contribution in [0.4, 0.5) is 0 Å². The monoisotopic (exact) mass is 449 g/mol. The van der Waals surface area contributed by atoms with Gasteiger partial charge in [-0.1, -0.05) is 61.2 Å². The summed E-state index contributed by atoms with van der Waals surface area (Å²) in [6, 6.07) is 16.1. The Balaban J connectivity index is 0.000000701. The minimum absolute atomic E-state index is 0.187. The molecule has 0 nitrogen and oxygen atoms in total. The molecule has 3 aromatic carbocycles. The van der Waals surface area contributed by atoms with Crippen molar-refractivity contribution in [1.29, 1.82) is 0 Å². The molecule has 3 rings (SSSR count). The first kappa shape index (κ1) is 20.8. The zero-order valence-corrected chi connectivity index (χ0v) is 19.8. The van der Waals surface area contributed by atoms with Crippen LogP contribution in [0.1, 0.15) is 43.0 Å². The van der Waals surface area contributed by atoms with E-state index in [2.05, 4.69) is 84.0 Å². The average molecular weight is 452 g/mol. The van der Waals surface area contributed by atoms with Gasteiger partial charge in [-0.25, -0.2) is 0 Å². The van der Waals surface area contributed by atoms with E-state index in [9.17, 15) is 0 Å². The zero-order valence-electron chi connectivity index (χ0n) is 15.8. The summed E-state index contributed by atoms with van der Waals surface area (Å²) in [5.74, 6) is 0. The van der Waals surface area contributed by atoms with Crippen molar-refractivity contribution in [3.05, 3.63) is 64.7 Å². The summed E-state index contributed by atoms with van der Waals surface area (Å²) in [7, 11) is 9.87. The quantitative estimate of drug-likeness (QED) is 0.331. The van der Waals surface area contributed by atoms with E-state index < -0.39 is 20.8 Å². The van der Waals surface area contributed by atoms with Crippen LogP contribution in [0.2, 0.25) is 0 Å². The second kappa shape index (κ2) is 8.47. The molecule has 0 fully saturated rings. The summed E-state index contributed by atoms with van der Waals surface area (Å²) < 4.78 is 0. The van der Waals surface area contributed by atoms with Gasteiger partial charge < -0.3 is 0 Å². The van der Waals surface area contributed by atoms with Gasteiger partial charge in [0.15, 0.2) is 0 Å².